The maximum atomic E-state index is 13.1. The van der Waals surface area contributed by atoms with Gasteiger partial charge in [0.25, 0.3) is 0 Å². The lowest BCUT2D eigenvalue weighted by Gasteiger charge is -2.21. The van der Waals surface area contributed by atoms with Crippen LogP contribution in [0.2, 0.25) is 0 Å². The molecule has 0 spiro atoms. The second-order valence-electron chi connectivity index (χ2n) is 27.3. The van der Waals surface area contributed by atoms with Crippen LogP contribution in [-0.2, 0) is 65.4 Å². The third-order valence-corrected chi connectivity index (χ3v) is 19.5. The van der Waals surface area contributed by atoms with E-state index in [4.69, 9.17) is 37.0 Å². The van der Waals surface area contributed by atoms with Gasteiger partial charge in [0, 0.05) is 25.7 Å². The van der Waals surface area contributed by atoms with Gasteiger partial charge in [-0.1, -0.05) is 318 Å². The molecule has 17 nitrogen and oxygen atoms in total. The van der Waals surface area contributed by atoms with Crippen LogP contribution in [0.15, 0.2) is 0 Å². The maximum absolute atomic E-state index is 13.1. The minimum atomic E-state index is -4.95. The van der Waals surface area contributed by atoms with Crippen molar-refractivity contribution in [1.82, 2.24) is 0 Å². The van der Waals surface area contributed by atoms with E-state index >= 15 is 0 Å². The molecule has 0 aliphatic carbocycles. The van der Waals surface area contributed by atoms with E-state index in [2.05, 4.69) is 48.5 Å². The van der Waals surface area contributed by atoms with Gasteiger partial charge in [-0.3, -0.25) is 37.3 Å². The van der Waals surface area contributed by atoms with E-state index in [1.807, 2.05) is 0 Å². The fourth-order valence-corrected chi connectivity index (χ4v) is 12.6. The van der Waals surface area contributed by atoms with Crippen molar-refractivity contribution in [3.05, 3.63) is 0 Å². The molecule has 7 atom stereocenters. The smallest absolute Gasteiger partial charge is 0.462 e. The Morgan fingerprint density at radius 3 is 0.826 bits per heavy atom. The normalized spacial score (nSPS) is 14.7. The molecule has 0 bridgehead atoms. The first-order chi connectivity index (χ1) is 44.3. The Labute approximate surface area is 562 Å². The summed E-state index contributed by atoms with van der Waals surface area (Å²) >= 11 is 0. The molecule has 0 fully saturated rings. The first-order valence-corrected chi connectivity index (χ1v) is 40.9. The molecule has 92 heavy (non-hydrogen) atoms. The van der Waals surface area contributed by atoms with E-state index in [0.717, 1.165) is 108 Å². The number of esters is 4. The van der Waals surface area contributed by atoms with Crippen molar-refractivity contribution in [2.24, 2.45) is 17.8 Å². The number of ether oxygens (including phenoxy) is 4. The number of phosphoric acid groups is 2. The van der Waals surface area contributed by atoms with Gasteiger partial charge in [0.15, 0.2) is 12.2 Å². The monoisotopic (exact) mass is 1350 g/mol. The van der Waals surface area contributed by atoms with Gasteiger partial charge in [-0.25, -0.2) is 9.13 Å². The zero-order valence-electron chi connectivity index (χ0n) is 60.0. The molecular weight excluding hydrogens is 1210 g/mol. The molecule has 0 rings (SSSR count). The number of hydrogen-bond acceptors (Lipinski definition) is 15. The van der Waals surface area contributed by atoms with Gasteiger partial charge >= 0.3 is 39.5 Å². The second kappa shape index (κ2) is 63.8. The topological polar surface area (TPSA) is 237 Å². The first-order valence-electron chi connectivity index (χ1n) is 37.9. The fraction of sp³-hybridized carbons (Fsp3) is 0.945. The van der Waals surface area contributed by atoms with Crippen molar-refractivity contribution in [3.8, 4) is 0 Å². The van der Waals surface area contributed by atoms with Crippen LogP contribution in [0.5, 0.6) is 0 Å². The SMILES string of the molecule is CCCCCCCCCCCC(=O)OC[C@H](COP(=O)(O)OC[C@H](O)COP(=O)(O)OC[C@@H](COC(=O)CCCCCCCCCCCCC(C)C)OC(=O)CCCCCCCCCCCCCCCCC(C)CC)OC(=O)CCCCCCCCCCC(C)CC. The number of rotatable bonds is 71. The van der Waals surface area contributed by atoms with Gasteiger partial charge in [-0.2, -0.15) is 0 Å². The van der Waals surface area contributed by atoms with Crippen molar-refractivity contribution in [3.63, 3.8) is 0 Å². The number of phosphoric ester groups is 2. The highest BCUT2D eigenvalue weighted by atomic mass is 31.2. The predicted octanol–water partition coefficient (Wildman–Crippen LogP) is 21.0. The van der Waals surface area contributed by atoms with E-state index in [0.29, 0.717) is 25.7 Å². The van der Waals surface area contributed by atoms with Crippen LogP contribution in [-0.4, -0.2) is 96.7 Å². The number of carbonyl (C=O) groups is 4. The molecule has 19 heteroatoms. The number of aliphatic hydroxyl groups excluding tert-OH is 1. The van der Waals surface area contributed by atoms with E-state index < -0.39 is 97.5 Å². The Bertz CT molecular complexity index is 1810. The molecule has 0 amide bonds. The molecular formula is C73H142O17P2. The predicted molar refractivity (Wildman–Crippen MR) is 372 cm³/mol. The van der Waals surface area contributed by atoms with E-state index in [9.17, 15) is 43.2 Å². The number of carbonyl (C=O) groups excluding carboxylic acids is 4. The Hall–Kier alpha value is -1.94. The van der Waals surface area contributed by atoms with E-state index in [1.54, 1.807) is 0 Å². The molecule has 0 aromatic carbocycles. The van der Waals surface area contributed by atoms with Crippen LogP contribution in [0.4, 0.5) is 0 Å². The molecule has 0 aliphatic rings. The molecule has 0 radical (unpaired) electrons. The summed E-state index contributed by atoms with van der Waals surface area (Å²) in [5.41, 5.74) is 0. The molecule has 546 valence electrons. The van der Waals surface area contributed by atoms with Crippen LogP contribution in [0.3, 0.4) is 0 Å². The third kappa shape index (κ3) is 64.1. The van der Waals surface area contributed by atoms with E-state index in [1.165, 1.54) is 180 Å². The molecule has 0 saturated carbocycles. The van der Waals surface area contributed by atoms with Crippen LogP contribution >= 0.6 is 15.6 Å². The van der Waals surface area contributed by atoms with Gasteiger partial charge in [0.2, 0.25) is 0 Å². The fourth-order valence-electron chi connectivity index (χ4n) is 11.0. The van der Waals surface area contributed by atoms with Crippen LogP contribution in [0, 0.1) is 17.8 Å². The van der Waals surface area contributed by atoms with Gasteiger partial charge < -0.3 is 33.8 Å². The molecule has 0 saturated heterocycles. The van der Waals surface area contributed by atoms with Crippen LogP contribution < -0.4 is 0 Å². The molecule has 3 N–H and O–H groups in total. The van der Waals surface area contributed by atoms with Gasteiger partial charge in [0.05, 0.1) is 26.4 Å². The summed E-state index contributed by atoms with van der Waals surface area (Å²) in [5.74, 6) is 0.250. The zero-order chi connectivity index (χ0) is 68.0. The molecule has 0 aliphatic heterocycles. The summed E-state index contributed by atoms with van der Waals surface area (Å²) in [6.07, 6.45) is 48.4. The summed E-state index contributed by atoms with van der Waals surface area (Å²) in [7, 11) is -9.90. The van der Waals surface area contributed by atoms with Crippen molar-refractivity contribution in [2.45, 2.75) is 388 Å². The minimum absolute atomic E-state index is 0.105. The second-order valence-corrected chi connectivity index (χ2v) is 30.2. The van der Waals surface area contributed by atoms with Crippen molar-refractivity contribution in [1.29, 1.82) is 0 Å². The Kier molecular flexibility index (Phi) is 62.4. The summed E-state index contributed by atoms with van der Waals surface area (Å²) in [6, 6.07) is 0. The zero-order valence-corrected chi connectivity index (χ0v) is 61.8. The minimum Gasteiger partial charge on any atom is -0.462 e. The van der Waals surface area contributed by atoms with Crippen LogP contribution in [0.1, 0.15) is 370 Å². The van der Waals surface area contributed by atoms with Gasteiger partial charge in [-0.15, -0.1) is 0 Å². The lowest BCUT2D eigenvalue weighted by molar-refractivity contribution is -0.161. The Morgan fingerprint density at radius 2 is 0.554 bits per heavy atom. The van der Waals surface area contributed by atoms with Gasteiger partial charge in [-0.05, 0) is 43.4 Å². The summed E-state index contributed by atoms with van der Waals surface area (Å²) in [6.45, 7) is 11.9. The standard InChI is InChI=1S/C73H142O17P2/c1-8-11-12-13-14-23-33-40-47-54-70(75)83-60-69(90-73(78)57-50-43-36-29-28-32-39-46-53-66(7)10-3)63-88-92(81,82)86-59-67(74)58-85-91(79,80)87-62-68(61-84-71(76)55-48-41-34-26-22-21-24-30-37-44-51-64(4)5)89-72(77)56-49-42-35-27-20-18-16-15-17-19-25-31-38-45-52-65(6)9-2/h64-69,74H,8-63H2,1-7H3,(H,79,80)(H,81,82)/t65?,66?,67-,68-,69-/m1/s1. The quantitative estimate of drug-likeness (QED) is 0.0222. The number of hydrogen-bond donors (Lipinski definition) is 3. The number of unbranched alkanes of at least 4 members (excludes halogenated alkanes) is 37. The highest BCUT2D eigenvalue weighted by Gasteiger charge is 2.30. The molecule has 4 unspecified atom stereocenters. The molecule has 0 aromatic heterocycles. The van der Waals surface area contributed by atoms with E-state index in [-0.39, 0.29) is 25.7 Å². The Balaban J connectivity index is 5.24. The number of aliphatic hydroxyl groups is 1. The largest absolute Gasteiger partial charge is 0.472 e. The lowest BCUT2D eigenvalue weighted by atomic mass is 9.99. The first kappa shape index (κ1) is 90.1. The lowest BCUT2D eigenvalue weighted by Crippen LogP contribution is -2.30. The Morgan fingerprint density at radius 1 is 0.315 bits per heavy atom. The summed E-state index contributed by atoms with van der Waals surface area (Å²) in [5, 5.41) is 10.6. The maximum Gasteiger partial charge on any atom is 0.472 e. The third-order valence-electron chi connectivity index (χ3n) is 17.6. The van der Waals surface area contributed by atoms with Crippen molar-refractivity contribution >= 4 is 39.5 Å². The highest BCUT2D eigenvalue weighted by Crippen LogP contribution is 2.45. The average Bonchev–Trinajstić information content (AvgIpc) is 1.58. The van der Waals surface area contributed by atoms with Crippen LogP contribution in [0.25, 0.3) is 0 Å². The highest BCUT2D eigenvalue weighted by molar-refractivity contribution is 7.47. The van der Waals surface area contributed by atoms with Crippen molar-refractivity contribution in [2.75, 3.05) is 39.6 Å². The average molecular weight is 1350 g/mol. The van der Waals surface area contributed by atoms with Gasteiger partial charge in [0.1, 0.15) is 19.3 Å². The molecule has 0 heterocycles. The summed E-state index contributed by atoms with van der Waals surface area (Å²) in [4.78, 5) is 72.6. The van der Waals surface area contributed by atoms with Crippen molar-refractivity contribution < 1.29 is 80.2 Å². The summed E-state index contributed by atoms with van der Waals surface area (Å²) < 4.78 is 68.4. The molecule has 0 aromatic rings.